The van der Waals surface area contributed by atoms with E-state index in [4.69, 9.17) is 10.8 Å². The van der Waals surface area contributed by atoms with Gasteiger partial charge in [-0.25, -0.2) is 9.78 Å². The molecule has 5 N–H and O–H groups in total. The number of nitrogens with two attached hydrogens (primary N) is 1. The predicted molar refractivity (Wildman–Crippen MR) is 102 cm³/mol. The summed E-state index contributed by atoms with van der Waals surface area (Å²) in [4.78, 5) is 52.7. The zero-order valence-corrected chi connectivity index (χ0v) is 16.2. The minimum atomic E-state index is -1.19. The number of hydrogen-bond acceptors (Lipinski definition) is 8. The van der Waals surface area contributed by atoms with Gasteiger partial charge in [-0.3, -0.25) is 19.3 Å². The number of anilines is 1. The van der Waals surface area contributed by atoms with E-state index in [1.54, 1.807) is 6.92 Å². The lowest BCUT2D eigenvalue weighted by Gasteiger charge is -2.49. The Balaban J connectivity index is 1.80. The lowest BCUT2D eigenvalue weighted by Crippen LogP contribution is -2.70. The van der Waals surface area contributed by atoms with Crippen LogP contribution in [0.3, 0.4) is 0 Å². The number of carboxylic acids is 2. The average Bonchev–Trinajstić information content (AvgIpc) is 3.05. The summed E-state index contributed by atoms with van der Waals surface area (Å²) < 4.78 is 0. The van der Waals surface area contributed by atoms with Gasteiger partial charge in [-0.15, -0.1) is 23.1 Å². The first kappa shape index (κ1) is 19.9. The van der Waals surface area contributed by atoms with Crippen molar-refractivity contribution in [1.82, 2.24) is 15.2 Å². The van der Waals surface area contributed by atoms with E-state index in [0.717, 1.165) is 16.2 Å². The van der Waals surface area contributed by atoms with Gasteiger partial charge in [0.05, 0.1) is 17.7 Å². The van der Waals surface area contributed by atoms with Crippen molar-refractivity contribution in [2.75, 3.05) is 11.5 Å². The van der Waals surface area contributed by atoms with Crippen LogP contribution in [0.2, 0.25) is 0 Å². The average molecular weight is 424 g/mol. The maximum absolute atomic E-state index is 12.7. The number of β-lactam (4-membered cyclic amide) rings is 1. The summed E-state index contributed by atoms with van der Waals surface area (Å²) in [5.41, 5.74) is 6.30. The first-order valence-corrected chi connectivity index (χ1v) is 9.95. The molecule has 0 unspecified atom stereocenters. The number of amides is 2. The maximum atomic E-state index is 12.7. The molecule has 1 saturated heterocycles. The van der Waals surface area contributed by atoms with Gasteiger partial charge >= 0.3 is 11.9 Å². The number of nitrogen functional groups attached to an aromatic ring is 1. The monoisotopic (exact) mass is 424 g/mol. The van der Waals surface area contributed by atoms with E-state index < -0.39 is 41.6 Å². The normalized spacial score (nSPS) is 21.8. The van der Waals surface area contributed by atoms with Gasteiger partial charge in [-0.05, 0) is 12.5 Å². The summed E-state index contributed by atoms with van der Waals surface area (Å²) in [6, 6.07) is -0.913. The summed E-state index contributed by atoms with van der Waals surface area (Å²) in [5.74, 6) is -3.10. The van der Waals surface area contributed by atoms with Crippen LogP contribution in [-0.4, -0.2) is 61.0 Å². The third-order valence-corrected chi connectivity index (χ3v) is 6.27. The lowest BCUT2D eigenvalue weighted by atomic mass is 10.0. The van der Waals surface area contributed by atoms with Crippen LogP contribution in [0.15, 0.2) is 22.7 Å². The van der Waals surface area contributed by atoms with Crippen molar-refractivity contribution in [3.8, 4) is 0 Å². The summed E-state index contributed by atoms with van der Waals surface area (Å²) in [5, 5.41) is 22.0. The Bertz CT molecular complexity index is 937. The zero-order chi connectivity index (χ0) is 20.6. The Kier molecular flexibility index (Phi) is 5.42. The second kappa shape index (κ2) is 7.64. The fourth-order valence-electron chi connectivity index (χ4n) is 2.91. The van der Waals surface area contributed by atoms with Gasteiger partial charge in [0.15, 0.2) is 5.13 Å². The smallest absolute Gasteiger partial charge is 0.352 e. The van der Waals surface area contributed by atoms with Crippen molar-refractivity contribution >= 4 is 57.6 Å². The minimum Gasteiger partial charge on any atom is -0.481 e. The predicted octanol–water partition coefficient (Wildman–Crippen LogP) is 0.342. The Morgan fingerprint density at radius 2 is 2.14 bits per heavy atom. The zero-order valence-electron chi connectivity index (χ0n) is 14.5. The number of nitrogens with zero attached hydrogens (tertiary/aromatic N) is 2. The molecule has 3 rings (SSSR count). The topological polar surface area (TPSA) is 163 Å². The summed E-state index contributed by atoms with van der Waals surface area (Å²) in [6.07, 6.45) is 0.794. The first-order chi connectivity index (χ1) is 13.2. The van der Waals surface area contributed by atoms with E-state index in [1.165, 1.54) is 23.2 Å². The lowest BCUT2D eigenvalue weighted by molar-refractivity contribution is -0.150. The molecule has 2 amide bonds. The molecule has 0 saturated carbocycles. The van der Waals surface area contributed by atoms with Crippen molar-refractivity contribution in [3.63, 3.8) is 0 Å². The standard InChI is InChI=1S/C16H16N4O6S2/c1-6-4-27-14-10(13(24)20(14)11(6)15(25)26)19-12(23)7(2-3-9(21)22)8-5-28-16(17)18-8/h2,5,10,14H,3-4H2,1H3,(H2,17,18)(H,19,23)(H,21,22)(H,25,26)/b7-2+/t10-,14-/m1/s1. The molecule has 2 aliphatic rings. The fourth-order valence-corrected chi connectivity index (χ4v) is 4.76. The molecule has 0 aliphatic carbocycles. The number of aliphatic carboxylic acids is 2. The van der Waals surface area contributed by atoms with Crippen molar-refractivity contribution in [3.05, 3.63) is 28.4 Å². The molecule has 1 aromatic rings. The Hall–Kier alpha value is -2.86. The van der Waals surface area contributed by atoms with Crippen LogP contribution in [0.1, 0.15) is 19.0 Å². The van der Waals surface area contributed by atoms with Gasteiger partial charge in [-0.1, -0.05) is 6.08 Å². The number of rotatable bonds is 6. The number of thioether (sulfide) groups is 1. The van der Waals surface area contributed by atoms with Gasteiger partial charge in [0.2, 0.25) is 0 Å². The number of aromatic nitrogens is 1. The van der Waals surface area contributed by atoms with Crippen molar-refractivity contribution in [2.45, 2.75) is 24.8 Å². The number of carbonyl (C=O) groups excluding carboxylic acids is 2. The van der Waals surface area contributed by atoms with Crippen LogP contribution in [0.25, 0.3) is 5.57 Å². The number of thiazole rings is 1. The summed E-state index contributed by atoms with van der Waals surface area (Å²) in [7, 11) is 0. The molecule has 28 heavy (non-hydrogen) atoms. The van der Waals surface area contributed by atoms with Crippen LogP contribution in [0.4, 0.5) is 5.13 Å². The molecule has 1 aromatic heterocycles. The summed E-state index contributed by atoms with van der Waals surface area (Å²) in [6.45, 7) is 1.64. The third kappa shape index (κ3) is 3.60. The van der Waals surface area contributed by atoms with Gasteiger partial charge in [0.1, 0.15) is 17.1 Å². The fraction of sp³-hybridized carbons (Fsp3) is 0.312. The molecule has 12 heteroatoms. The van der Waals surface area contributed by atoms with Crippen LogP contribution in [0.5, 0.6) is 0 Å². The molecular formula is C16H16N4O6S2. The molecule has 148 valence electrons. The largest absolute Gasteiger partial charge is 0.481 e. The van der Waals surface area contributed by atoms with Crippen LogP contribution in [0, 0.1) is 0 Å². The molecule has 0 aromatic carbocycles. The molecule has 3 heterocycles. The van der Waals surface area contributed by atoms with Crippen LogP contribution in [-0.2, 0) is 19.2 Å². The second-order valence-corrected chi connectivity index (χ2v) is 8.08. The summed E-state index contributed by atoms with van der Waals surface area (Å²) >= 11 is 2.44. The van der Waals surface area contributed by atoms with Crippen molar-refractivity contribution in [1.29, 1.82) is 0 Å². The van der Waals surface area contributed by atoms with E-state index in [-0.39, 0.29) is 22.1 Å². The van der Waals surface area contributed by atoms with Gasteiger partial charge < -0.3 is 21.3 Å². The molecule has 1 fully saturated rings. The van der Waals surface area contributed by atoms with Crippen LogP contribution < -0.4 is 11.1 Å². The number of carbonyl (C=O) groups is 4. The molecule has 10 nitrogen and oxygen atoms in total. The van der Waals surface area contributed by atoms with Gasteiger partial charge in [-0.2, -0.15) is 0 Å². The molecular weight excluding hydrogens is 408 g/mol. The highest BCUT2D eigenvalue weighted by molar-refractivity contribution is 8.00. The molecule has 2 atom stereocenters. The second-order valence-electron chi connectivity index (χ2n) is 6.08. The molecule has 0 radical (unpaired) electrons. The highest BCUT2D eigenvalue weighted by Crippen LogP contribution is 2.40. The van der Waals surface area contributed by atoms with Gasteiger partial charge in [0, 0.05) is 11.1 Å². The van der Waals surface area contributed by atoms with E-state index in [9.17, 15) is 24.3 Å². The number of carboxylic acid groups (broad SMARTS) is 2. The van der Waals surface area contributed by atoms with Crippen molar-refractivity contribution in [2.24, 2.45) is 0 Å². The van der Waals surface area contributed by atoms with Crippen molar-refractivity contribution < 1.29 is 29.4 Å². The SMILES string of the molecule is CC1=C(C(=O)O)N2C(=O)[C@@H](NC(=O)/C(=C/CC(=O)O)c3csc(N)n3)[C@H]2SC1. The third-order valence-electron chi connectivity index (χ3n) is 4.17. The number of fused-ring (bicyclic) bond motifs is 1. The Morgan fingerprint density at radius 1 is 1.43 bits per heavy atom. The quantitative estimate of drug-likeness (QED) is 0.372. The van der Waals surface area contributed by atoms with E-state index in [1.807, 2.05) is 0 Å². The number of hydrogen-bond donors (Lipinski definition) is 4. The minimum absolute atomic E-state index is 0.00686. The molecule has 0 bridgehead atoms. The Labute approximate surface area is 167 Å². The van der Waals surface area contributed by atoms with E-state index in [0.29, 0.717) is 11.3 Å². The Morgan fingerprint density at radius 3 is 2.71 bits per heavy atom. The molecule has 0 spiro atoms. The van der Waals surface area contributed by atoms with E-state index in [2.05, 4.69) is 10.3 Å². The van der Waals surface area contributed by atoms with E-state index >= 15 is 0 Å². The number of nitrogens with one attached hydrogen (secondary N) is 1. The maximum Gasteiger partial charge on any atom is 0.352 e. The highest BCUT2D eigenvalue weighted by atomic mass is 32.2. The highest BCUT2D eigenvalue weighted by Gasteiger charge is 2.53. The van der Waals surface area contributed by atoms with Crippen LogP contribution >= 0.6 is 23.1 Å². The first-order valence-electron chi connectivity index (χ1n) is 8.02. The van der Waals surface area contributed by atoms with Gasteiger partial charge in [0.25, 0.3) is 11.8 Å². The molecule has 2 aliphatic heterocycles.